The van der Waals surface area contributed by atoms with Crippen LogP contribution in [-0.4, -0.2) is 23.7 Å². The second-order valence-corrected chi connectivity index (χ2v) is 1.59. The molecule has 2 N–H and O–H groups in total. The van der Waals surface area contributed by atoms with Gasteiger partial charge in [-0.3, -0.25) is 0 Å². The Bertz CT molecular complexity index is 167. The minimum atomic E-state index is -0.583. The summed E-state index contributed by atoms with van der Waals surface area (Å²) >= 11 is 4.43. The van der Waals surface area contributed by atoms with Gasteiger partial charge in [-0.15, -0.1) is 0 Å². The predicted octanol–water partition coefficient (Wildman–Crippen LogP) is -0.136. The molecule has 0 aliphatic heterocycles. The molecule has 0 aliphatic carbocycles. The minimum Gasteiger partial charge on any atom is -0.461 e. The first-order valence-corrected chi connectivity index (χ1v) is 3.13. The van der Waals surface area contributed by atoms with Gasteiger partial charge in [-0.25, -0.2) is 4.79 Å². The van der Waals surface area contributed by atoms with E-state index in [1.165, 1.54) is 0 Å². The zero-order valence-corrected chi connectivity index (χ0v) is 6.35. The second-order valence-electron chi connectivity index (χ2n) is 1.35. The van der Waals surface area contributed by atoms with E-state index >= 15 is 0 Å². The van der Waals surface area contributed by atoms with Crippen LogP contribution < -0.4 is 5.84 Å². The van der Waals surface area contributed by atoms with Crippen molar-refractivity contribution in [3.05, 3.63) is 0 Å². The molecule has 0 bridgehead atoms. The summed E-state index contributed by atoms with van der Waals surface area (Å²) in [4.78, 5) is 10.7. The Hall–Kier alpha value is -0.970. The van der Waals surface area contributed by atoms with E-state index in [2.05, 4.69) is 22.1 Å². The van der Waals surface area contributed by atoms with Crippen LogP contribution in [0, 0.1) is 0 Å². The third-order valence-corrected chi connectivity index (χ3v) is 0.959. The normalized spacial score (nSPS) is 10.7. The van der Waals surface area contributed by atoms with Gasteiger partial charge in [0.1, 0.15) is 0 Å². The molecule has 0 aromatic carbocycles. The lowest BCUT2D eigenvalue weighted by atomic mass is 10.4. The van der Waals surface area contributed by atoms with Crippen molar-refractivity contribution in [3.63, 3.8) is 0 Å². The molecule has 0 saturated heterocycles. The molecule has 4 nitrogen and oxygen atoms in total. The van der Waals surface area contributed by atoms with Crippen LogP contribution in [0.4, 0.5) is 0 Å². The Morgan fingerprint density at radius 3 is 2.80 bits per heavy atom. The predicted molar refractivity (Wildman–Crippen MR) is 41.9 cm³/mol. The van der Waals surface area contributed by atoms with Gasteiger partial charge in [0, 0.05) is 5.37 Å². The summed E-state index contributed by atoms with van der Waals surface area (Å²) in [5, 5.41) is 4.19. The van der Waals surface area contributed by atoms with Crippen LogP contribution in [0.3, 0.4) is 0 Å². The molecule has 5 heteroatoms. The van der Waals surface area contributed by atoms with Gasteiger partial charge in [0.2, 0.25) is 0 Å². The molecule has 0 aliphatic rings. The number of hydrogen-bond acceptors (Lipinski definition) is 5. The molecular formula is C5H8N2O2S. The van der Waals surface area contributed by atoms with Crippen LogP contribution in [0.5, 0.6) is 0 Å². The lowest BCUT2D eigenvalue weighted by Gasteiger charge is -1.97. The van der Waals surface area contributed by atoms with Gasteiger partial charge < -0.3 is 10.6 Å². The summed E-state index contributed by atoms with van der Waals surface area (Å²) in [6, 6.07) is 0. The highest BCUT2D eigenvalue weighted by molar-refractivity contribution is 7.80. The molecule has 0 rings (SSSR count). The molecule has 56 valence electrons. The largest absolute Gasteiger partial charge is 0.461 e. The van der Waals surface area contributed by atoms with Gasteiger partial charge in [0.15, 0.2) is 5.71 Å². The van der Waals surface area contributed by atoms with E-state index in [-0.39, 0.29) is 5.71 Å². The Morgan fingerprint density at radius 2 is 2.50 bits per heavy atom. The first kappa shape index (κ1) is 9.03. The molecule has 0 radical (unpaired) electrons. The fourth-order valence-electron chi connectivity index (χ4n) is 0.336. The fourth-order valence-corrected chi connectivity index (χ4v) is 0.493. The van der Waals surface area contributed by atoms with E-state index in [1.54, 1.807) is 6.92 Å². The van der Waals surface area contributed by atoms with Crippen LogP contribution in [0.2, 0.25) is 0 Å². The van der Waals surface area contributed by atoms with E-state index in [0.29, 0.717) is 6.61 Å². The third-order valence-electron chi connectivity index (χ3n) is 0.735. The molecule has 10 heavy (non-hydrogen) atoms. The number of nitrogens with two attached hydrogens (primary N) is 1. The first-order chi connectivity index (χ1) is 4.76. The van der Waals surface area contributed by atoms with Gasteiger partial charge in [-0.05, 0) is 6.92 Å². The quantitative estimate of drug-likeness (QED) is 0.205. The number of hydrazone groups is 1. The lowest BCUT2D eigenvalue weighted by molar-refractivity contribution is -0.134. The van der Waals surface area contributed by atoms with Crippen LogP contribution in [0.15, 0.2) is 5.10 Å². The van der Waals surface area contributed by atoms with E-state index in [0.717, 1.165) is 5.37 Å². The van der Waals surface area contributed by atoms with Gasteiger partial charge in [0.25, 0.3) is 0 Å². The molecule has 0 unspecified atom stereocenters. The summed E-state index contributed by atoms with van der Waals surface area (Å²) in [5.74, 6) is 4.22. The maximum Gasteiger partial charge on any atom is 0.359 e. The Balaban J connectivity index is 4.04. The van der Waals surface area contributed by atoms with Crippen LogP contribution in [-0.2, 0) is 9.53 Å². The summed E-state index contributed by atoms with van der Waals surface area (Å²) in [6.45, 7) is 1.98. The molecule has 0 amide bonds. The number of carbonyl (C=O) groups excluding carboxylic acids is 1. The van der Waals surface area contributed by atoms with Gasteiger partial charge in [0.05, 0.1) is 6.61 Å². The zero-order chi connectivity index (χ0) is 7.98. The topological polar surface area (TPSA) is 64.7 Å². The van der Waals surface area contributed by atoms with Crippen LogP contribution >= 0.6 is 12.2 Å². The van der Waals surface area contributed by atoms with E-state index in [1.807, 2.05) is 0 Å². The number of carbonyl (C=O) groups is 1. The third kappa shape index (κ3) is 2.54. The Labute approximate surface area is 64.0 Å². The SMILES string of the molecule is CCOC(=O)C(C=S)=NN. The van der Waals surface area contributed by atoms with E-state index < -0.39 is 5.97 Å². The van der Waals surface area contributed by atoms with E-state index in [9.17, 15) is 4.79 Å². The van der Waals surface area contributed by atoms with Crippen molar-refractivity contribution < 1.29 is 9.53 Å². The summed E-state index contributed by atoms with van der Waals surface area (Å²) in [7, 11) is 0. The van der Waals surface area contributed by atoms with Crippen molar-refractivity contribution in [2.24, 2.45) is 10.9 Å². The van der Waals surface area contributed by atoms with Gasteiger partial charge in [-0.1, -0.05) is 12.2 Å². The maximum absolute atomic E-state index is 10.7. The number of hydrogen-bond donors (Lipinski definition) is 1. The summed E-state index contributed by atoms with van der Waals surface area (Å²) in [5.41, 5.74) is -0.0307. The molecular weight excluding hydrogens is 152 g/mol. The van der Waals surface area contributed by atoms with Crippen molar-refractivity contribution in [2.45, 2.75) is 6.92 Å². The number of thiocarbonyl (C=S) groups is 1. The zero-order valence-electron chi connectivity index (χ0n) is 5.53. The maximum atomic E-state index is 10.7. The van der Waals surface area contributed by atoms with Crippen LogP contribution in [0.25, 0.3) is 0 Å². The number of nitrogens with zero attached hydrogens (tertiary/aromatic N) is 1. The summed E-state index contributed by atoms with van der Waals surface area (Å²) in [6.07, 6.45) is 0. The molecule has 0 atom stereocenters. The molecule has 0 spiro atoms. The molecule has 0 saturated carbocycles. The molecule has 0 aromatic heterocycles. The number of esters is 1. The molecule has 0 heterocycles. The smallest absolute Gasteiger partial charge is 0.359 e. The molecule has 0 fully saturated rings. The number of rotatable bonds is 3. The lowest BCUT2D eigenvalue weighted by Crippen LogP contribution is -2.19. The Kier molecular flexibility index (Phi) is 4.39. The highest BCUT2D eigenvalue weighted by Crippen LogP contribution is 1.80. The van der Waals surface area contributed by atoms with E-state index in [4.69, 9.17) is 5.84 Å². The Morgan fingerprint density at radius 1 is 1.90 bits per heavy atom. The highest BCUT2D eigenvalue weighted by Gasteiger charge is 2.07. The first-order valence-electron chi connectivity index (χ1n) is 2.66. The van der Waals surface area contributed by atoms with Gasteiger partial charge in [-0.2, -0.15) is 5.10 Å². The number of ether oxygens (including phenoxy) is 1. The average molecular weight is 160 g/mol. The minimum absolute atomic E-state index is 0.0307. The van der Waals surface area contributed by atoms with Crippen molar-refractivity contribution in [1.82, 2.24) is 0 Å². The highest BCUT2D eigenvalue weighted by atomic mass is 32.1. The van der Waals surface area contributed by atoms with Crippen molar-refractivity contribution in [2.75, 3.05) is 6.61 Å². The van der Waals surface area contributed by atoms with Crippen molar-refractivity contribution in [1.29, 1.82) is 0 Å². The van der Waals surface area contributed by atoms with Crippen LogP contribution in [0.1, 0.15) is 6.92 Å². The molecule has 0 aromatic rings. The monoisotopic (exact) mass is 160 g/mol. The second kappa shape index (κ2) is 4.87. The summed E-state index contributed by atoms with van der Waals surface area (Å²) < 4.78 is 4.54. The van der Waals surface area contributed by atoms with Gasteiger partial charge >= 0.3 is 5.97 Å². The average Bonchev–Trinajstić information content (AvgIpc) is 1.91. The standard InChI is InChI=1S/C5H8N2O2S/c1-2-9-5(8)4(3-10)7-6/h3H,2,6H2,1H3. The van der Waals surface area contributed by atoms with Crippen molar-refractivity contribution in [3.8, 4) is 0 Å². The fraction of sp³-hybridized carbons (Fsp3) is 0.400. The van der Waals surface area contributed by atoms with Crippen molar-refractivity contribution >= 4 is 29.3 Å².